The van der Waals surface area contributed by atoms with Crippen LogP contribution in [0.4, 0.5) is 0 Å². The summed E-state index contributed by atoms with van der Waals surface area (Å²) in [7, 11) is 1.87. The molecule has 0 aromatic heterocycles. The van der Waals surface area contributed by atoms with Crippen LogP contribution < -0.4 is 0 Å². The van der Waals surface area contributed by atoms with E-state index in [1.165, 1.54) is 44.1 Å². The lowest BCUT2D eigenvalue weighted by Gasteiger charge is -2.48. The fourth-order valence-electron chi connectivity index (χ4n) is 3.59. The highest BCUT2D eigenvalue weighted by Crippen LogP contribution is 2.54. The Bertz CT molecular complexity index is 267. The normalized spacial score (nSPS) is 39.9. The second-order valence-electron chi connectivity index (χ2n) is 6.01. The molecule has 0 aliphatic heterocycles. The summed E-state index contributed by atoms with van der Waals surface area (Å²) in [5.74, 6) is 0.675. The van der Waals surface area contributed by atoms with Crippen LogP contribution in [0.3, 0.4) is 0 Å². The summed E-state index contributed by atoms with van der Waals surface area (Å²) in [6.45, 7) is 9.17. The van der Waals surface area contributed by atoms with Gasteiger partial charge in [-0.05, 0) is 42.6 Å². The van der Waals surface area contributed by atoms with Crippen LogP contribution in [0.1, 0.15) is 52.4 Å². The van der Waals surface area contributed by atoms with Crippen molar-refractivity contribution in [3.8, 4) is 0 Å². The van der Waals surface area contributed by atoms with E-state index in [0.29, 0.717) is 11.3 Å². The van der Waals surface area contributed by atoms with E-state index >= 15 is 0 Å². The first-order chi connectivity index (χ1) is 7.02. The summed E-state index contributed by atoms with van der Waals surface area (Å²) >= 11 is 0. The van der Waals surface area contributed by atoms with Crippen LogP contribution in [0.25, 0.3) is 0 Å². The van der Waals surface area contributed by atoms with Crippen molar-refractivity contribution in [3.63, 3.8) is 0 Å². The van der Waals surface area contributed by atoms with Gasteiger partial charge in [-0.1, -0.05) is 33.3 Å². The monoisotopic (exact) mass is 208 g/mol. The molecule has 0 aromatic carbocycles. The maximum atomic E-state index is 5.84. The zero-order valence-electron chi connectivity index (χ0n) is 10.4. The zero-order chi connectivity index (χ0) is 11.1. The van der Waals surface area contributed by atoms with Crippen LogP contribution in [0.15, 0.2) is 12.2 Å². The lowest BCUT2D eigenvalue weighted by Crippen LogP contribution is -2.45. The van der Waals surface area contributed by atoms with Gasteiger partial charge < -0.3 is 4.74 Å². The van der Waals surface area contributed by atoms with E-state index in [0.717, 1.165) is 0 Å². The molecule has 2 atom stereocenters. The van der Waals surface area contributed by atoms with Gasteiger partial charge in [-0.3, -0.25) is 0 Å². The number of fused-ring (bicyclic) bond motifs is 2. The quantitative estimate of drug-likeness (QED) is 0.593. The van der Waals surface area contributed by atoms with E-state index in [9.17, 15) is 0 Å². The van der Waals surface area contributed by atoms with Crippen molar-refractivity contribution >= 4 is 0 Å². The molecule has 2 bridgehead atoms. The SMILES string of the molecule is C=C1C2CCCCC1(OC)CCC2(C)C. The molecule has 86 valence electrons. The molecule has 0 saturated heterocycles. The third kappa shape index (κ3) is 1.65. The van der Waals surface area contributed by atoms with Crippen molar-refractivity contribution in [1.82, 2.24) is 0 Å². The summed E-state index contributed by atoms with van der Waals surface area (Å²) in [5, 5.41) is 0. The van der Waals surface area contributed by atoms with Crippen molar-refractivity contribution in [1.29, 1.82) is 0 Å². The molecule has 2 saturated carbocycles. The van der Waals surface area contributed by atoms with Gasteiger partial charge in [-0.15, -0.1) is 0 Å². The van der Waals surface area contributed by atoms with Gasteiger partial charge in [-0.25, -0.2) is 0 Å². The van der Waals surface area contributed by atoms with Crippen LogP contribution in [0, 0.1) is 11.3 Å². The maximum absolute atomic E-state index is 5.84. The summed E-state index contributed by atoms with van der Waals surface area (Å²) < 4.78 is 5.84. The average molecular weight is 208 g/mol. The van der Waals surface area contributed by atoms with Gasteiger partial charge in [0.25, 0.3) is 0 Å². The van der Waals surface area contributed by atoms with Gasteiger partial charge in [0.1, 0.15) is 0 Å². The summed E-state index contributed by atoms with van der Waals surface area (Å²) in [6, 6.07) is 0. The molecule has 2 aliphatic rings. The largest absolute Gasteiger partial charge is 0.374 e. The predicted octanol–water partition coefficient (Wildman–Crippen LogP) is 3.94. The van der Waals surface area contributed by atoms with E-state index in [1.54, 1.807) is 0 Å². The standard InChI is InChI=1S/C14H24O/c1-11-12-7-5-6-8-14(11,15-4)10-9-13(12,2)3/h12H,1,5-10H2,2-4H3. The zero-order valence-corrected chi connectivity index (χ0v) is 10.4. The summed E-state index contributed by atoms with van der Waals surface area (Å²) in [6.07, 6.45) is 7.61. The van der Waals surface area contributed by atoms with E-state index < -0.39 is 0 Å². The molecule has 2 fully saturated rings. The van der Waals surface area contributed by atoms with Gasteiger partial charge in [-0.2, -0.15) is 0 Å². The van der Waals surface area contributed by atoms with E-state index in [2.05, 4.69) is 20.4 Å². The van der Waals surface area contributed by atoms with Crippen molar-refractivity contribution in [3.05, 3.63) is 12.2 Å². The summed E-state index contributed by atoms with van der Waals surface area (Å²) in [5.41, 5.74) is 1.85. The van der Waals surface area contributed by atoms with Crippen molar-refractivity contribution in [2.45, 2.75) is 58.0 Å². The highest BCUT2D eigenvalue weighted by Gasteiger charge is 2.48. The van der Waals surface area contributed by atoms with Crippen LogP contribution in [-0.4, -0.2) is 12.7 Å². The molecule has 0 amide bonds. The molecule has 1 nitrogen and oxygen atoms in total. The van der Waals surface area contributed by atoms with Crippen molar-refractivity contribution in [2.24, 2.45) is 11.3 Å². The Morgan fingerprint density at radius 1 is 1.20 bits per heavy atom. The Hall–Kier alpha value is -0.300. The fourth-order valence-corrected chi connectivity index (χ4v) is 3.59. The van der Waals surface area contributed by atoms with Gasteiger partial charge in [0.2, 0.25) is 0 Å². The van der Waals surface area contributed by atoms with Crippen LogP contribution in [-0.2, 0) is 4.74 Å². The maximum Gasteiger partial charge on any atom is 0.0888 e. The third-order valence-corrected chi connectivity index (χ3v) is 4.84. The van der Waals surface area contributed by atoms with E-state index in [-0.39, 0.29) is 5.60 Å². The molecule has 2 unspecified atom stereocenters. The lowest BCUT2D eigenvalue weighted by atomic mass is 9.61. The lowest BCUT2D eigenvalue weighted by molar-refractivity contribution is -0.0358. The van der Waals surface area contributed by atoms with Crippen molar-refractivity contribution < 1.29 is 4.74 Å². The molecule has 0 heterocycles. The molecule has 0 N–H and O–H groups in total. The Morgan fingerprint density at radius 3 is 2.60 bits per heavy atom. The Labute approximate surface area is 93.9 Å². The van der Waals surface area contributed by atoms with Crippen LogP contribution >= 0.6 is 0 Å². The minimum atomic E-state index is 0.0245. The second-order valence-corrected chi connectivity index (χ2v) is 6.01. The third-order valence-electron chi connectivity index (χ3n) is 4.84. The Kier molecular flexibility index (Phi) is 2.70. The smallest absolute Gasteiger partial charge is 0.0888 e. The second kappa shape index (κ2) is 3.62. The molecule has 0 radical (unpaired) electrons. The van der Waals surface area contributed by atoms with Gasteiger partial charge >= 0.3 is 0 Å². The first kappa shape index (κ1) is 11.2. The highest BCUT2D eigenvalue weighted by atomic mass is 16.5. The number of methoxy groups -OCH3 is 1. The highest BCUT2D eigenvalue weighted by molar-refractivity contribution is 5.24. The molecule has 2 rings (SSSR count). The molecular weight excluding hydrogens is 184 g/mol. The van der Waals surface area contributed by atoms with E-state index in [1.807, 2.05) is 7.11 Å². The predicted molar refractivity (Wildman–Crippen MR) is 63.9 cm³/mol. The average Bonchev–Trinajstić information content (AvgIpc) is 2.31. The molecule has 0 aromatic rings. The number of rotatable bonds is 1. The Morgan fingerprint density at radius 2 is 1.93 bits per heavy atom. The number of hydrogen-bond donors (Lipinski definition) is 0. The molecule has 1 heteroatoms. The van der Waals surface area contributed by atoms with Crippen molar-refractivity contribution in [2.75, 3.05) is 7.11 Å². The Balaban J connectivity index is 2.34. The minimum Gasteiger partial charge on any atom is -0.374 e. The first-order valence-electron chi connectivity index (χ1n) is 6.26. The molecule has 0 spiro atoms. The summed E-state index contributed by atoms with van der Waals surface area (Å²) in [4.78, 5) is 0. The van der Waals surface area contributed by atoms with Gasteiger partial charge in [0, 0.05) is 7.11 Å². The van der Waals surface area contributed by atoms with Gasteiger partial charge in [0.05, 0.1) is 5.60 Å². The molecule has 15 heavy (non-hydrogen) atoms. The van der Waals surface area contributed by atoms with Crippen LogP contribution in [0.5, 0.6) is 0 Å². The molecule has 2 aliphatic carbocycles. The molecular formula is C14H24O. The topological polar surface area (TPSA) is 9.23 Å². The van der Waals surface area contributed by atoms with Gasteiger partial charge in [0.15, 0.2) is 0 Å². The fraction of sp³-hybridized carbons (Fsp3) is 0.857. The first-order valence-corrected chi connectivity index (χ1v) is 6.26. The van der Waals surface area contributed by atoms with Crippen LogP contribution in [0.2, 0.25) is 0 Å². The number of hydrogen-bond acceptors (Lipinski definition) is 1. The minimum absolute atomic E-state index is 0.0245. The number of ether oxygens (including phenoxy) is 1. The van der Waals surface area contributed by atoms with E-state index in [4.69, 9.17) is 4.74 Å².